The Morgan fingerprint density at radius 3 is 2.63 bits per heavy atom. The van der Waals surface area contributed by atoms with Crippen molar-refractivity contribution in [2.24, 2.45) is 11.3 Å². The summed E-state index contributed by atoms with van der Waals surface area (Å²) in [6.45, 7) is 5.77. The van der Waals surface area contributed by atoms with Crippen LogP contribution in [0.15, 0.2) is 18.2 Å². The lowest BCUT2D eigenvalue weighted by Gasteiger charge is -2.31. The van der Waals surface area contributed by atoms with Crippen LogP contribution in [0.25, 0.3) is 0 Å². The van der Waals surface area contributed by atoms with Crippen LogP contribution in [-0.2, 0) is 4.79 Å². The highest BCUT2D eigenvalue weighted by Gasteiger charge is 2.43. The van der Waals surface area contributed by atoms with E-state index in [1.807, 2.05) is 0 Å². The van der Waals surface area contributed by atoms with E-state index < -0.39 is 0 Å². The Bertz CT molecular complexity index is 482. The van der Waals surface area contributed by atoms with Gasteiger partial charge >= 0.3 is 0 Å². The lowest BCUT2D eigenvalue weighted by molar-refractivity contribution is -0.126. The number of halogens is 2. The molecular formula is C14H18Cl2N2O. The minimum atomic E-state index is -0.341. The molecule has 1 aromatic carbocycles. The first-order valence-electron chi connectivity index (χ1n) is 6.43. The summed E-state index contributed by atoms with van der Waals surface area (Å²) in [6, 6.07) is 5.13. The summed E-state index contributed by atoms with van der Waals surface area (Å²) in [7, 11) is 0. The first kappa shape index (κ1) is 14.6. The molecule has 1 amide bonds. The van der Waals surface area contributed by atoms with Gasteiger partial charge in [-0.05, 0) is 37.1 Å². The molecule has 0 aromatic heterocycles. The van der Waals surface area contributed by atoms with Crippen molar-refractivity contribution in [3.8, 4) is 0 Å². The van der Waals surface area contributed by atoms with Gasteiger partial charge in [0.2, 0.25) is 5.91 Å². The van der Waals surface area contributed by atoms with Crippen molar-refractivity contribution in [3.63, 3.8) is 0 Å². The Balaban J connectivity index is 2.17. The van der Waals surface area contributed by atoms with Gasteiger partial charge in [0, 0.05) is 12.2 Å². The highest BCUT2D eigenvalue weighted by molar-refractivity contribution is 6.42. The third-order valence-electron chi connectivity index (χ3n) is 3.92. The molecule has 104 valence electrons. The summed E-state index contributed by atoms with van der Waals surface area (Å²) in [4.78, 5) is 12.5. The quantitative estimate of drug-likeness (QED) is 0.896. The van der Waals surface area contributed by atoms with Crippen LogP contribution >= 0.6 is 23.2 Å². The van der Waals surface area contributed by atoms with Gasteiger partial charge < -0.3 is 10.6 Å². The molecule has 0 saturated carbocycles. The van der Waals surface area contributed by atoms with Gasteiger partial charge in [-0.2, -0.15) is 0 Å². The van der Waals surface area contributed by atoms with Crippen LogP contribution in [-0.4, -0.2) is 19.0 Å². The van der Waals surface area contributed by atoms with E-state index in [0.29, 0.717) is 15.7 Å². The van der Waals surface area contributed by atoms with Crippen molar-refractivity contribution in [1.82, 2.24) is 5.32 Å². The maximum absolute atomic E-state index is 12.5. The third-order valence-corrected chi connectivity index (χ3v) is 4.66. The number of hydrogen-bond donors (Lipinski definition) is 2. The summed E-state index contributed by atoms with van der Waals surface area (Å²) in [6.07, 6.45) is 0.859. The molecule has 1 fully saturated rings. The SMILES string of the molecule is CC(C)C1(C(=O)Nc2ccc(Cl)c(Cl)c2)CCNC1. The molecular weight excluding hydrogens is 283 g/mol. The van der Waals surface area contributed by atoms with E-state index in [2.05, 4.69) is 24.5 Å². The van der Waals surface area contributed by atoms with Gasteiger partial charge in [0.25, 0.3) is 0 Å². The van der Waals surface area contributed by atoms with Gasteiger partial charge in [0.1, 0.15) is 0 Å². The van der Waals surface area contributed by atoms with Crippen molar-refractivity contribution in [2.45, 2.75) is 20.3 Å². The zero-order chi connectivity index (χ0) is 14.0. The molecule has 3 nitrogen and oxygen atoms in total. The van der Waals surface area contributed by atoms with Crippen molar-refractivity contribution in [3.05, 3.63) is 28.2 Å². The Hall–Kier alpha value is -0.770. The van der Waals surface area contributed by atoms with Gasteiger partial charge in [-0.15, -0.1) is 0 Å². The Morgan fingerprint density at radius 2 is 2.11 bits per heavy atom. The molecule has 1 aliphatic rings. The molecule has 0 aliphatic carbocycles. The molecule has 1 aliphatic heterocycles. The Kier molecular flexibility index (Phi) is 4.39. The predicted molar refractivity (Wildman–Crippen MR) is 79.8 cm³/mol. The third kappa shape index (κ3) is 2.88. The van der Waals surface area contributed by atoms with Crippen molar-refractivity contribution < 1.29 is 4.79 Å². The molecule has 1 heterocycles. The molecule has 2 N–H and O–H groups in total. The molecule has 19 heavy (non-hydrogen) atoms. The van der Waals surface area contributed by atoms with Crippen LogP contribution in [0.5, 0.6) is 0 Å². The maximum Gasteiger partial charge on any atom is 0.232 e. The van der Waals surface area contributed by atoms with Gasteiger partial charge in [-0.25, -0.2) is 0 Å². The van der Waals surface area contributed by atoms with E-state index in [4.69, 9.17) is 23.2 Å². The fraction of sp³-hybridized carbons (Fsp3) is 0.500. The van der Waals surface area contributed by atoms with Gasteiger partial charge in [-0.1, -0.05) is 37.0 Å². The molecule has 1 saturated heterocycles. The zero-order valence-electron chi connectivity index (χ0n) is 11.1. The number of nitrogens with one attached hydrogen (secondary N) is 2. The lowest BCUT2D eigenvalue weighted by atomic mass is 9.75. The maximum atomic E-state index is 12.5. The van der Waals surface area contributed by atoms with Crippen LogP contribution in [0.1, 0.15) is 20.3 Å². The monoisotopic (exact) mass is 300 g/mol. The number of carbonyl (C=O) groups excluding carboxylic acids is 1. The molecule has 1 aromatic rings. The zero-order valence-corrected chi connectivity index (χ0v) is 12.6. The Labute approximate surface area is 123 Å². The summed E-state index contributed by atoms with van der Waals surface area (Å²) in [5, 5.41) is 7.16. The largest absolute Gasteiger partial charge is 0.326 e. The second kappa shape index (κ2) is 5.70. The van der Waals surface area contributed by atoms with E-state index in [-0.39, 0.29) is 17.2 Å². The van der Waals surface area contributed by atoms with E-state index in [0.717, 1.165) is 19.5 Å². The first-order valence-corrected chi connectivity index (χ1v) is 7.18. The molecule has 2 rings (SSSR count). The molecule has 5 heteroatoms. The van der Waals surface area contributed by atoms with Crippen molar-refractivity contribution in [2.75, 3.05) is 18.4 Å². The minimum Gasteiger partial charge on any atom is -0.326 e. The molecule has 1 atom stereocenters. The van der Waals surface area contributed by atoms with Gasteiger partial charge in [0.05, 0.1) is 15.5 Å². The van der Waals surface area contributed by atoms with Crippen LogP contribution in [0.2, 0.25) is 10.0 Å². The average Bonchev–Trinajstić information content (AvgIpc) is 2.84. The summed E-state index contributed by atoms with van der Waals surface area (Å²) in [5.41, 5.74) is 0.345. The summed E-state index contributed by atoms with van der Waals surface area (Å²) in [5.74, 6) is 0.330. The Morgan fingerprint density at radius 1 is 1.37 bits per heavy atom. The number of carbonyl (C=O) groups is 1. The standard InChI is InChI=1S/C14H18Cl2N2O/c1-9(2)14(5-6-17-8-14)13(19)18-10-3-4-11(15)12(16)7-10/h3-4,7,9,17H,5-6,8H2,1-2H3,(H,18,19). The molecule has 0 bridgehead atoms. The smallest absolute Gasteiger partial charge is 0.232 e. The normalized spacial score (nSPS) is 22.8. The van der Waals surface area contributed by atoms with Gasteiger partial charge in [0.15, 0.2) is 0 Å². The first-order chi connectivity index (χ1) is 8.95. The fourth-order valence-corrected chi connectivity index (χ4v) is 2.79. The van der Waals surface area contributed by atoms with Gasteiger partial charge in [-0.3, -0.25) is 4.79 Å². The summed E-state index contributed by atoms with van der Waals surface area (Å²) >= 11 is 11.8. The van der Waals surface area contributed by atoms with E-state index in [9.17, 15) is 4.79 Å². The fourth-order valence-electron chi connectivity index (χ4n) is 2.49. The average molecular weight is 301 g/mol. The topological polar surface area (TPSA) is 41.1 Å². The molecule has 0 spiro atoms. The number of hydrogen-bond acceptors (Lipinski definition) is 2. The highest BCUT2D eigenvalue weighted by Crippen LogP contribution is 2.36. The van der Waals surface area contributed by atoms with E-state index in [1.54, 1.807) is 18.2 Å². The molecule has 0 radical (unpaired) electrons. The van der Waals surface area contributed by atoms with E-state index >= 15 is 0 Å². The van der Waals surface area contributed by atoms with E-state index in [1.165, 1.54) is 0 Å². The number of rotatable bonds is 3. The minimum absolute atomic E-state index is 0.0471. The number of benzene rings is 1. The number of anilines is 1. The lowest BCUT2D eigenvalue weighted by Crippen LogP contribution is -2.42. The van der Waals surface area contributed by atoms with Crippen LogP contribution in [0.3, 0.4) is 0 Å². The molecule has 1 unspecified atom stereocenters. The van der Waals surface area contributed by atoms with Crippen LogP contribution in [0, 0.1) is 11.3 Å². The van der Waals surface area contributed by atoms with Crippen molar-refractivity contribution >= 4 is 34.8 Å². The van der Waals surface area contributed by atoms with Crippen molar-refractivity contribution in [1.29, 1.82) is 0 Å². The number of amides is 1. The predicted octanol–water partition coefficient (Wildman–Crippen LogP) is 3.57. The second-order valence-electron chi connectivity index (χ2n) is 5.32. The second-order valence-corrected chi connectivity index (χ2v) is 6.14. The van der Waals surface area contributed by atoms with Crippen LogP contribution < -0.4 is 10.6 Å². The highest BCUT2D eigenvalue weighted by atomic mass is 35.5. The summed E-state index contributed by atoms with van der Waals surface area (Å²) < 4.78 is 0. The van der Waals surface area contributed by atoms with Crippen LogP contribution in [0.4, 0.5) is 5.69 Å².